The van der Waals surface area contributed by atoms with E-state index in [0.29, 0.717) is 11.3 Å². The minimum atomic E-state index is -0.628. The number of ketones is 1. The molecule has 1 N–H and O–H groups in total. The molecule has 1 heterocycles. The summed E-state index contributed by atoms with van der Waals surface area (Å²) in [6, 6.07) is 14.9. The quantitative estimate of drug-likeness (QED) is 0.580. The van der Waals surface area contributed by atoms with Crippen molar-refractivity contribution in [3.63, 3.8) is 0 Å². The molecule has 0 aliphatic heterocycles. The van der Waals surface area contributed by atoms with E-state index in [-0.39, 0.29) is 6.54 Å². The number of hydrogen-bond acceptors (Lipinski definition) is 3. The van der Waals surface area contributed by atoms with Crippen LogP contribution in [-0.4, -0.2) is 23.4 Å². The second-order valence-electron chi connectivity index (χ2n) is 5.49. The standard InChI is InChI=1S/C19H18N2O3/c1-21-12-15(14-8-4-5-9-16(14)21)18(22)19(23)20-11-13-7-3-6-10-17(13)24-2/h3-10,12H,11H2,1-2H3,(H,20,23). The highest BCUT2D eigenvalue weighted by atomic mass is 16.5. The van der Waals surface area contributed by atoms with Crippen LogP contribution in [0.15, 0.2) is 54.7 Å². The molecule has 0 saturated carbocycles. The minimum absolute atomic E-state index is 0.235. The number of methoxy groups -OCH3 is 1. The topological polar surface area (TPSA) is 60.3 Å². The highest BCUT2D eigenvalue weighted by molar-refractivity contribution is 6.44. The van der Waals surface area contributed by atoms with Crippen molar-refractivity contribution in [2.75, 3.05) is 7.11 Å². The number of amides is 1. The van der Waals surface area contributed by atoms with E-state index in [2.05, 4.69) is 5.32 Å². The van der Waals surface area contributed by atoms with Gasteiger partial charge in [0.15, 0.2) is 0 Å². The molecule has 0 radical (unpaired) electrons. The summed E-state index contributed by atoms with van der Waals surface area (Å²) in [5, 5.41) is 3.44. The number of carbonyl (C=O) groups is 2. The highest BCUT2D eigenvalue weighted by Crippen LogP contribution is 2.21. The number of ether oxygens (including phenoxy) is 1. The van der Waals surface area contributed by atoms with Gasteiger partial charge in [0.05, 0.1) is 12.7 Å². The predicted octanol–water partition coefficient (Wildman–Crippen LogP) is 2.69. The first-order valence-corrected chi connectivity index (χ1v) is 7.60. The SMILES string of the molecule is COc1ccccc1CNC(=O)C(=O)c1cn(C)c2ccccc12. The lowest BCUT2D eigenvalue weighted by molar-refractivity contribution is -0.117. The van der Waals surface area contributed by atoms with E-state index in [1.807, 2.05) is 60.1 Å². The number of nitrogens with zero attached hydrogens (tertiary/aromatic N) is 1. The summed E-state index contributed by atoms with van der Waals surface area (Å²) in [5.41, 5.74) is 2.14. The lowest BCUT2D eigenvalue weighted by Gasteiger charge is -2.08. The highest BCUT2D eigenvalue weighted by Gasteiger charge is 2.20. The third-order valence-corrected chi connectivity index (χ3v) is 3.98. The fraction of sp³-hybridized carbons (Fsp3) is 0.158. The van der Waals surface area contributed by atoms with Gasteiger partial charge in [-0.05, 0) is 12.1 Å². The van der Waals surface area contributed by atoms with Gasteiger partial charge >= 0.3 is 0 Å². The van der Waals surface area contributed by atoms with Crippen LogP contribution in [0.3, 0.4) is 0 Å². The lowest BCUT2D eigenvalue weighted by Crippen LogP contribution is -2.30. The Kier molecular flexibility index (Phi) is 4.33. The van der Waals surface area contributed by atoms with Crippen LogP contribution in [0.2, 0.25) is 0 Å². The zero-order valence-corrected chi connectivity index (χ0v) is 13.6. The van der Waals surface area contributed by atoms with Crippen molar-refractivity contribution >= 4 is 22.6 Å². The van der Waals surface area contributed by atoms with Gasteiger partial charge in [-0.1, -0.05) is 36.4 Å². The summed E-state index contributed by atoms with van der Waals surface area (Å²) in [7, 11) is 3.42. The number of nitrogens with one attached hydrogen (secondary N) is 1. The van der Waals surface area contributed by atoms with E-state index < -0.39 is 11.7 Å². The monoisotopic (exact) mass is 322 g/mol. The molecule has 0 atom stereocenters. The Morgan fingerprint density at radius 2 is 1.79 bits per heavy atom. The Hall–Kier alpha value is -3.08. The molecule has 1 aromatic heterocycles. The van der Waals surface area contributed by atoms with E-state index in [9.17, 15) is 9.59 Å². The second-order valence-corrected chi connectivity index (χ2v) is 5.49. The second kappa shape index (κ2) is 6.58. The van der Waals surface area contributed by atoms with Crippen molar-refractivity contribution < 1.29 is 14.3 Å². The maximum absolute atomic E-state index is 12.5. The molecule has 3 aromatic rings. The first-order chi connectivity index (χ1) is 11.6. The molecule has 0 aliphatic carbocycles. The lowest BCUT2D eigenvalue weighted by atomic mass is 10.1. The van der Waals surface area contributed by atoms with Crippen molar-refractivity contribution in [3.05, 3.63) is 65.9 Å². The van der Waals surface area contributed by atoms with Gasteiger partial charge in [-0.3, -0.25) is 9.59 Å². The summed E-state index contributed by atoms with van der Waals surface area (Å²) in [5.74, 6) is -0.491. The third-order valence-electron chi connectivity index (χ3n) is 3.98. The molecule has 0 saturated heterocycles. The Bertz CT molecular complexity index is 912. The summed E-state index contributed by atoms with van der Waals surface area (Å²) in [6.45, 7) is 0.235. The molecule has 5 heteroatoms. The number of Topliss-reactive ketones (excluding diaryl/α,β-unsaturated/α-hetero) is 1. The van der Waals surface area contributed by atoms with Gasteiger partial charge in [0.2, 0.25) is 0 Å². The maximum atomic E-state index is 12.5. The number of fused-ring (bicyclic) bond motifs is 1. The predicted molar refractivity (Wildman–Crippen MR) is 92.1 cm³/mol. The largest absolute Gasteiger partial charge is 0.496 e. The van der Waals surface area contributed by atoms with Gasteiger partial charge < -0.3 is 14.6 Å². The number of benzene rings is 2. The molecule has 0 aliphatic rings. The Balaban J connectivity index is 1.78. The number of aromatic nitrogens is 1. The van der Waals surface area contributed by atoms with Crippen LogP contribution in [0.1, 0.15) is 15.9 Å². The van der Waals surface area contributed by atoms with Crippen LogP contribution in [0.25, 0.3) is 10.9 Å². The zero-order chi connectivity index (χ0) is 17.1. The minimum Gasteiger partial charge on any atom is -0.496 e. The summed E-state index contributed by atoms with van der Waals surface area (Å²) < 4.78 is 7.09. The molecular weight excluding hydrogens is 304 g/mol. The van der Waals surface area contributed by atoms with Crippen LogP contribution in [0.4, 0.5) is 0 Å². The first-order valence-electron chi connectivity index (χ1n) is 7.60. The van der Waals surface area contributed by atoms with Gasteiger partial charge in [-0.15, -0.1) is 0 Å². The van der Waals surface area contributed by atoms with Crippen LogP contribution < -0.4 is 10.1 Å². The smallest absolute Gasteiger partial charge is 0.292 e. The van der Waals surface area contributed by atoms with Crippen LogP contribution in [0.5, 0.6) is 5.75 Å². The average molecular weight is 322 g/mol. The number of aryl methyl sites for hydroxylation is 1. The van der Waals surface area contributed by atoms with Crippen molar-refractivity contribution in [2.24, 2.45) is 7.05 Å². The number of para-hydroxylation sites is 2. The zero-order valence-electron chi connectivity index (χ0n) is 13.6. The van der Waals surface area contributed by atoms with E-state index in [0.717, 1.165) is 16.5 Å². The van der Waals surface area contributed by atoms with Crippen molar-refractivity contribution in [3.8, 4) is 5.75 Å². The molecule has 5 nitrogen and oxygen atoms in total. The van der Waals surface area contributed by atoms with Crippen LogP contribution in [0, 0.1) is 0 Å². The fourth-order valence-electron chi connectivity index (χ4n) is 2.75. The van der Waals surface area contributed by atoms with Gasteiger partial charge in [-0.25, -0.2) is 0 Å². The number of rotatable bonds is 5. The van der Waals surface area contributed by atoms with Crippen molar-refractivity contribution in [1.29, 1.82) is 0 Å². The molecule has 24 heavy (non-hydrogen) atoms. The summed E-state index contributed by atoms with van der Waals surface area (Å²) in [6.07, 6.45) is 1.69. The van der Waals surface area contributed by atoms with Gasteiger partial charge in [-0.2, -0.15) is 0 Å². The molecule has 0 bridgehead atoms. The molecule has 1 amide bonds. The van der Waals surface area contributed by atoms with E-state index in [1.165, 1.54) is 0 Å². The molecule has 0 spiro atoms. The molecule has 3 rings (SSSR count). The maximum Gasteiger partial charge on any atom is 0.292 e. The summed E-state index contributed by atoms with van der Waals surface area (Å²) >= 11 is 0. The summed E-state index contributed by atoms with van der Waals surface area (Å²) in [4.78, 5) is 24.7. The Labute approximate surface area is 139 Å². The molecule has 0 unspecified atom stereocenters. The Morgan fingerprint density at radius 3 is 2.58 bits per heavy atom. The third kappa shape index (κ3) is 2.88. The van der Waals surface area contributed by atoms with E-state index in [4.69, 9.17) is 4.74 Å². The molecule has 0 fully saturated rings. The number of hydrogen-bond donors (Lipinski definition) is 1. The van der Waals surface area contributed by atoms with Crippen molar-refractivity contribution in [2.45, 2.75) is 6.54 Å². The Morgan fingerprint density at radius 1 is 1.08 bits per heavy atom. The molecule has 122 valence electrons. The molecular formula is C19H18N2O3. The normalized spacial score (nSPS) is 10.6. The van der Waals surface area contributed by atoms with E-state index in [1.54, 1.807) is 13.3 Å². The number of carbonyl (C=O) groups excluding carboxylic acids is 2. The van der Waals surface area contributed by atoms with Gasteiger partial charge in [0.25, 0.3) is 11.7 Å². The van der Waals surface area contributed by atoms with Crippen molar-refractivity contribution in [1.82, 2.24) is 9.88 Å². The van der Waals surface area contributed by atoms with Crippen LogP contribution in [-0.2, 0) is 18.4 Å². The average Bonchev–Trinajstić information content (AvgIpc) is 2.96. The fourth-order valence-corrected chi connectivity index (χ4v) is 2.75. The van der Waals surface area contributed by atoms with Gasteiger partial charge in [0, 0.05) is 36.3 Å². The van der Waals surface area contributed by atoms with Crippen LogP contribution >= 0.6 is 0 Å². The molecule has 2 aromatic carbocycles. The van der Waals surface area contributed by atoms with Gasteiger partial charge in [0.1, 0.15) is 5.75 Å². The van der Waals surface area contributed by atoms with E-state index >= 15 is 0 Å². The first kappa shape index (κ1) is 15.8.